The van der Waals surface area contributed by atoms with Crippen LogP contribution in [0.25, 0.3) is 0 Å². The molecule has 1 aromatic rings. The third-order valence-electron chi connectivity index (χ3n) is 2.55. The maximum Gasteiger partial charge on any atom is 0.307 e. The van der Waals surface area contributed by atoms with Gasteiger partial charge >= 0.3 is 5.97 Å². The van der Waals surface area contributed by atoms with Crippen LogP contribution >= 0.6 is 15.9 Å². The van der Waals surface area contributed by atoms with Crippen LogP contribution in [0.15, 0.2) is 16.6 Å². The van der Waals surface area contributed by atoms with Gasteiger partial charge in [0.2, 0.25) is 0 Å². The summed E-state index contributed by atoms with van der Waals surface area (Å²) < 4.78 is 5.77. The number of methoxy groups -OCH3 is 1. The number of anilines is 1. The Balaban J connectivity index is 2.72. The monoisotopic (exact) mass is 299 g/mol. The van der Waals surface area contributed by atoms with Crippen LogP contribution in [0.2, 0.25) is 0 Å². The Hall–Kier alpha value is -1.03. The van der Waals surface area contributed by atoms with E-state index in [0.29, 0.717) is 6.42 Å². The average Bonchev–Trinajstić information content (AvgIpc) is 2.25. The van der Waals surface area contributed by atoms with Gasteiger partial charge in [0.25, 0.3) is 0 Å². The Morgan fingerprint density at radius 1 is 1.41 bits per heavy atom. The van der Waals surface area contributed by atoms with E-state index < -0.39 is 0 Å². The second-order valence-electron chi connectivity index (χ2n) is 4.25. The molecule has 0 amide bonds. The molecule has 0 aliphatic rings. The Labute approximate surface area is 111 Å². The lowest BCUT2D eigenvalue weighted by Crippen LogP contribution is -2.20. The first-order chi connectivity index (χ1) is 7.93. The van der Waals surface area contributed by atoms with Crippen LogP contribution in [0.3, 0.4) is 0 Å². The molecular weight excluding hydrogens is 282 g/mol. The van der Waals surface area contributed by atoms with Crippen molar-refractivity contribution in [1.82, 2.24) is 0 Å². The first-order valence-corrected chi connectivity index (χ1v) is 6.33. The number of esters is 1. The summed E-state index contributed by atoms with van der Waals surface area (Å²) in [6.45, 7) is 6.06. The predicted octanol–water partition coefficient (Wildman–Crippen LogP) is 3.43. The van der Waals surface area contributed by atoms with E-state index in [9.17, 15) is 4.79 Å². The van der Waals surface area contributed by atoms with Gasteiger partial charge in [-0.2, -0.15) is 0 Å². The molecule has 1 N–H and O–H groups in total. The summed E-state index contributed by atoms with van der Waals surface area (Å²) in [5.41, 5.74) is 3.38. The molecule has 0 aromatic heterocycles. The highest BCUT2D eigenvalue weighted by Crippen LogP contribution is 2.25. The van der Waals surface area contributed by atoms with Gasteiger partial charge in [0.15, 0.2) is 0 Å². The van der Waals surface area contributed by atoms with Crippen molar-refractivity contribution in [2.24, 2.45) is 0 Å². The number of rotatable bonds is 4. The van der Waals surface area contributed by atoms with Crippen LogP contribution in [0.4, 0.5) is 5.69 Å². The minimum Gasteiger partial charge on any atom is -0.469 e. The van der Waals surface area contributed by atoms with Gasteiger partial charge in [-0.3, -0.25) is 4.79 Å². The average molecular weight is 300 g/mol. The number of ether oxygens (including phenoxy) is 1. The van der Waals surface area contributed by atoms with E-state index in [2.05, 4.69) is 38.1 Å². The van der Waals surface area contributed by atoms with Crippen LogP contribution < -0.4 is 5.32 Å². The van der Waals surface area contributed by atoms with Crippen LogP contribution in [-0.4, -0.2) is 19.1 Å². The molecule has 1 rings (SSSR count). The highest BCUT2D eigenvalue weighted by molar-refractivity contribution is 9.10. The topological polar surface area (TPSA) is 38.3 Å². The van der Waals surface area contributed by atoms with E-state index in [4.69, 9.17) is 0 Å². The van der Waals surface area contributed by atoms with E-state index in [-0.39, 0.29) is 12.0 Å². The lowest BCUT2D eigenvalue weighted by Gasteiger charge is -2.16. The summed E-state index contributed by atoms with van der Waals surface area (Å²) in [4.78, 5) is 11.1. The molecule has 17 heavy (non-hydrogen) atoms. The minimum absolute atomic E-state index is 0.0578. The Morgan fingerprint density at radius 3 is 2.41 bits per heavy atom. The Morgan fingerprint density at radius 2 is 1.94 bits per heavy atom. The van der Waals surface area contributed by atoms with Crippen molar-refractivity contribution in [2.75, 3.05) is 12.4 Å². The van der Waals surface area contributed by atoms with E-state index in [1.165, 1.54) is 18.2 Å². The van der Waals surface area contributed by atoms with Crippen molar-refractivity contribution in [2.45, 2.75) is 33.2 Å². The van der Waals surface area contributed by atoms with Crippen molar-refractivity contribution in [3.05, 3.63) is 27.7 Å². The maximum absolute atomic E-state index is 11.1. The number of benzene rings is 1. The summed E-state index contributed by atoms with van der Waals surface area (Å²) in [6.07, 6.45) is 0.366. The zero-order chi connectivity index (χ0) is 13.0. The fourth-order valence-electron chi connectivity index (χ4n) is 1.70. The fraction of sp³-hybridized carbons (Fsp3) is 0.462. The minimum atomic E-state index is -0.199. The molecule has 94 valence electrons. The number of carbonyl (C=O) groups excluding carboxylic acids is 1. The van der Waals surface area contributed by atoms with E-state index in [1.807, 2.05) is 20.8 Å². The molecule has 1 aromatic carbocycles. The number of halogens is 1. The summed E-state index contributed by atoms with van der Waals surface area (Å²) in [5.74, 6) is -0.199. The molecule has 0 heterocycles. The SMILES string of the molecule is COC(=O)CC(C)Nc1cc(C)c(Br)c(C)c1. The van der Waals surface area contributed by atoms with Crippen LogP contribution in [0.5, 0.6) is 0 Å². The quantitative estimate of drug-likeness (QED) is 0.866. The van der Waals surface area contributed by atoms with Gasteiger partial charge in [-0.15, -0.1) is 0 Å². The lowest BCUT2D eigenvalue weighted by atomic mass is 10.1. The third kappa shape index (κ3) is 4.04. The summed E-state index contributed by atoms with van der Waals surface area (Å²) in [7, 11) is 1.41. The van der Waals surface area contributed by atoms with Crippen molar-refractivity contribution in [3.8, 4) is 0 Å². The molecular formula is C13H18BrNO2. The first-order valence-electron chi connectivity index (χ1n) is 5.54. The Bertz CT molecular complexity index is 395. The van der Waals surface area contributed by atoms with Crippen molar-refractivity contribution < 1.29 is 9.53 Å². The molecule has 0 spiro atoms. The van der Waals surface area contributed by atoms with Crippen LogP contribution in [-0.2, 0) is 9.53 Å². The van der Waals surface area contributed by atoms with Gasteiger partial charge < -0.3 is 10.1 Å². The highest BCUT2D eigenvalue weighted by atomic mass is 79.9. The van der Waals surface area contributed by atoms with Gasteiger partial charge in [0.05, 0.1) is 13.5 Å². The number of carbonyl (C=O) groups is 1. The fourth-order valence-corrected chi connectivity index (χ4v) is 1.93. The number of aryl methyl sites for hydroxylation is 2. The Kier molecular flexibility index (Phi) is 5.00. The zero-order valence-electron chi connectivity index (χ0n) is 10.6. The molecule has 3 nitrogen and oxygen atoms in total. The maximum atomic E-state index is 11.1. The molecule has 0 aliphatic heterocycles. The smallest absolute Gasteiger partial charge is 0.307 e. The van der Waals surface area contributed by atoms with Crippen molar-refractivity contribution in [1.29, 1.82) is 0 Å². The molecule has 0 aliphatic carbocycles. The molecule has 4 heteroatoms. The lowest BCUT2D eigenvalue weighted by molar-refractivity contribution is -0.140. The summed E-state index contributed by atoms with van der Waals surface area (Å²) in [5, 5.41) is 3.29. The molecule has 1 unspecified atom stereocenters. The molecule has 0 saturated carbocycles. The van der Waals surface area contributed by atoms with Crippen molar-refractivity contribution in [3.63, 3.8) is 0 Å². The van der Waals surface area contributed by atoms with Crippen molar-refractivity contribution >= 4 is 27.6 Å². The van der Waals surface area contributed by atoms with E-state index in [0.717, 1.165) is 10.2 Å². The van der Waals surface area contributed by atoms with E-state index in [1.54, 1.807) is 0 Å². The normalized spacial score (nSPS) is 12.1. The molecule has 0 saturated heterocycles. The standard InChI is InChI=1S/C13H18BrNO2/c1-8-5-11(6-9(2)13(8)14)15-10(3)7-12(16)17-4/h5-6,10,15H,7H2,1-4H3. The van der Waals surface area contributed by atoms with Gasteiger partial charge in [-0.05, 0) is 44.0 Å². The molecule has 1 atom stereocenters. The number of hydrogen-bond donors (Lipinski definition) is 1. The molecule has 0 bridgehead atoms. The van der Waals surface area contributed by atoms with Gasteiger partial charge in [0.1, 0.15) is 0 Å². The van der Waals surface area contributed by atoms with E-state index >= 15 is 0 Å². The van der Waals surface area contributed by atoms with Gasteiger partial charge in [0, 0.05) is 16.2 Å². The first kappa shape index (κ1) is 14.0. The van der Waals surface area contributed by atoms with Gasteiger partial charge in [-0.1, -0.05) is 15.9 Å². The second-order valence-corrected chi connectivity index (χ2v) is 5.04. The van der Waals surface area contributed by atoms with Crippen LogP contribution in [0, 0.1) is 13.8 Å². The molecule has 0 fully saturated rings. The van der Waals surface area contributed by atoms with Gasteiger partial charge in [-0.25, -0.2) is 0 Å². The third-order valence-corrected chi connectivity index (χ3v) is 3.80. The zero-order valence-corrected chi connectivity index (χ0v) is 12.2. The highest BCUT2D eigenvalue weighted by Gasteiger charge is 2.10. The second kappa shape index (κ2) is 6.05. The predicted molar refractivity (Wildman–Crippen MR) is 73.3 cm³/mol. The summed E-state index contributed by atoms with van der Waals surface area (Å²) in [6, 6.07) is 4.18. The number of nitrogens with one attached hydrogen (secondary N) is 1. The molecule has 0 radical (unpaired) electrons. The van der Waals surface area contributed by atoms with Crippen LogP contribution in [0.1, 0.15) is 24.5 Å². The summed E-state index contributed by atoms with van der Waals surface area (Å²) >= 11 is 3.53. The largest absolute Gasteiger partial charge is 0.469 e. The number of hydrogen-bond acceptors (Lipinski definition) is 3.